The third kappa shape index (κ3) is 4.35. The zero-order valence-corrected chi connectivity index (χ0v) is 18.3. The predicted octanol–water partition coefficient (Wildman–Crippen LogP) is 4.92. The summed E-state index contributed by atoms with van der Waals surface area (Å²) in [6.45, 7) is 0. The zero-order chi connectivity index (χ0) is 21.1. The summed E-state index contributed by atoms with van der Waals surface area (Å²) < 4.78 is 24.5. The van der Waals surface area contributed by atoms with Crippen LogP contribution in [0.5, 0.6) is 0 Å². The Bertz CT molecular complexity index is 1190. The molecule has 0 aliphatic carbocycles. The Morgan fingerprint density at radius 3 is 2.10 bits per heavy atom. The zero-order valence-electron chi connectivity index (χ0n) is 15.9. The molecule has 0 radical (unpaired) electrons. The Balaban J connectivity index is 1.94. The minimum Gasteiger partial charge on any atom is -0.328 e. The molecule has 0 N–H and O–H groups in total. The normalized spacial score (nSPS) is 11.6. The van der Waals surface area contributed by atoms with Crippen molar-refractivity contribution in [3.05, 3.63) is 95.1 Å². The lowest BCUT2D eigenvalue weighted by atomic mass is 9.99. The molecule has 6 nitrogen and oxygen atoms in total. The van der Waals surface area contributed by atoms with Gasteiger partial charge in [0.25, 0.3) is 0 Å². The molecule has 4 heterocycles. The highest BCUT2D eigenvalue weighted by Gasteiger charge is 2.27. The SMILES string of the molecule is CS(=O)(=O)c1cc(N(c2ccc(Cl)nc2)C(c2cccnc2)c2cccnc2)cs1. The van der Waals surface area contributed by atoms with Gasteiger partial charge in [0, 0.05) is 36.4 Å². The number of hydrogen-bond donors (Lipinski definition) is 0. The van der Waals surface area contributed by atoms with E-state index in [1.54, 1.807) is 43.1 Å². The van der Waals surface area contributed by atoms with Crippen molar-refractivity contribution in [1.29, 1.82) is 0 Å². The minimum absolute atomic E-state index is 0.292. The Morgan fingerprint density at radius 2 is 1.63 bits per heavy atom. The topological polar surface area (TPSA) is 76.1 Å². The third-order valence-corrected chi connectivity index (χ3v) is 7.43. The van der Waals surface area contributed by atoms with Gasteiger partial charge in [0.05, 0.1) is 23.6 Å². The van der Waals surface area contributed by atoms with E-state index in [1.807, 2.05) is 40.6 Å². The average Bonchev–Trinajstić information content (AvgIpc) is 3.24. The lowest BCUT2D eigenvalue weighted by Gasteiger charge is -2.33. The number of rotatable bonds is 6. The van der Waals surface area contributed by atoms with E-state index in [0.29, 0.717) is 9.36 Å². The molecule has 0 unspecified atom stereocenters. The molecule has 0 atom stereocenters. The van der Waals surface area contributed by atoms with Crippen LogP contribution in [0.3, 0.4) is 0 Å². The average molecular weight is 457 g/mol. The Hall–Kier alpha value is -2.81. The molecule has 4 rings (SSSR count). The maximum absolute atomic E-state index is 12.1. The largest absolute Gasteiger partial charge is 0.328 e. The molecule has 4 aromatic rings. The molecule has 0 amide bonds. The Morgan fingerprint density at radius 1 is 0.967 bits per heavy atom. The summed E-state index contributed by atoms with van der Waals surface area (Å²) in [6, 6.07) is 12.6. The molecule has 9 heteroatoms. The van der Waals surface area contributed by atoms with E-state index in [9.17, 15) is 8.42 Å². The third-order valence-electron chi connectivity index (χ3n) is 4.45. The smallest absolute Gasteiger partial charge is 0.184 e. The fraction of sp³-hybridized carbons (Fsp3) is 0.0952. The standard InChI is InChI=1S/C21H17ClN4O2S2/c1-30(27,28)20-10-18(14-29-20)26(17-6-7-19(22)25-13-17)21(15-4-2-8-23-11-15)16-5-3-9-24-12-16/h2-14,21H,1H3. The fourth-order valence-electron chi connectivity index (χ4n) is 3.15. The molecule has 0 bridgehead atoms. The summed E-state index contributed by atoms with van der Waals surface area (Å²) in [6.07, 6.45) is 9.88. The molecule has 0 aliphatic rings. The molecular weight excluding hydrogens is 440 g/mol. The van der Waals surface area contributed by atoms with Crippen LogP contribution in [0.15, 0.2) is 83.0 Å². The number of nitrogens with zero attached hydrogens (tertiary/aromatic N) is 4. The number of aromatic nitrogens is 3. The molecule has 0 spiro atoms. The van der Waals surface area contributed by atoms with Gasteiger partial charge >= 0.3 is 0 Å². The van der Waals surface area contributed by atoms with Crippen LogP contribution in [0, 0.1) is 0 Å². The van der Waals surface area contributed by atoms with Crippen LogP contribution in [0.25, 0.3) is 0 Å². The van der Waals surface area contributed by atoms with Crippen molar-refractivity contribution in [2.45, 2.75) is 10.3 Å². The first-order valence-corrected chi connectivity index (χ1v) is 12.1. The van der Waals surface area contributed by atoms with Gasteiger partial charge in [0.1, 0.15) is 9.36 Å². The van der Waals surface area contributed by atoms with E-state index >= 15 is 0 Å². The fourth-order valence-corrected chi connectivity index (χ4v) is 5.05. The molecular formula is C21H17ClN4O2S2. The first-order chi connectivity index (χ1) is 14.4. The molecule has 152 valence electrons. The van der Waals surface area contributed by atoms with Crippen LogP contribution < -0.4 is 4.90 Å². The van der Waals surface area contributed by atoms with Gasteiger partial charge in [-0.2, -0.15) is 0 Å². The summed E-state index contributed by atoms with van der Waals surface area (Å²) in [5.74, 6) is 0. The van der Waals surface area contributed by atoms with Crippen molar-refractivity contribution >= 4 is 44.1 Å². The summed E-state index contributed by atoms with van der Waals surface area (Å²) in [7, 11) is -3.33. The summed E-state index contributed by atoms with van der Waals surface area (Å²) in [4.78, 5) is 14.8. The lowest BCUT2D eigenvalue weighted by molar-refractivity contribution is 0.604. The number of anilines is 2. The number of hydrogen-bond acceptors (Lipinski definition) is 7. The molecule has 0 saturated heterocycles. The quantitative estimate of drug-likeness (QED) is 0.383. The van der Waals surface area contributed by atoms with Gasteiger partial charge < -0.3 is 4.90 Å². The summed E-state index contributed by atoms with van der Waals surface area (Å²) in [5.41, 5.74) is 3.33. The van der Waals surface area contributed by atoms with E-state index in [2.05, 4.69) is 15.0 Å². The van der Waals surface area contributed by atoms with Gasteiger partial charge in [-0.1, -0.05) is 23.7 Å². The molecule has 0 aromatic carbocycles. The highest BCUT2D eigenvalue weighted by Crippen LogP contribution is 2.41. The number of thiophene rings is 1. The summed E-state index contributed by atoms with van der Waals surface area (Å²) >= 11 is 7.20. The van der Waals surface area contributed by atoms with E-state index in [4.69, 9.17) is 11.6 Å². The molecule has 0 saturated carbocycles. The molecule has 0 aliphatic heterocycles. The van der Waals surface area contributed by atoms with Crippen LogP contribution in [0.4, 0.5) is 11.4 Å². The van der Waals surface area contributed by atoms with Crippen molar-refractivity contribution in [2.24, 2.45) is 0 Å². The van der Waals surface area contributed by atoms with E-state index in [-0.39, 0.29) is 6.04 Å². The second-order valence-electron chi connectivity index (χ2n) is 6.58. The second-order valence-corrected chi connectivity index (χ2v) is 10.1. The first kappa shape index (κ1) is 20.5. The van der Waals surface area contributed by atoms with Crippen LogP contribution in [-0.2, 0) is 9.84 Å². The number of sulfone groups is 1. The van der Waals surface area contributed by atoms with Crippen LogP contribution >= 0.6 is 22.9 Å². The van der Waals surface area contributed by atoms with Crippen molar-refractivity contribution in [1.82, 2.24) is 15.0 Å². The van der Waals surface area contributed by atoms with Crippen molar-refractivity contribution < 1.29 is 8.42 Å². The predicted molar refractivity (Wildman–Crippen MR) is 119 cm³/mol. The van der Waals surface area contributed by atoms with Crippen LogP contribution in [0.2, 0.25) is 5.15 Å². The summed E-state index contributed by atoms with van der Waals surface area (Å²) in [5, 5.41) is 2.20. The monoisotopic (exact) mass is 456 g/mol. The maximum Gasteiger partial charge on any atom is 0.184 e. The van der Waals surface area contributed by atoms with E-state index in [0.717, 1.165) is 22.5 Å². The molecule has 0 fully saturated rings. The maximum atomic E-state index is 12.1. The van der Waals surface area contributed by atoms with Gasteiger partial charge in [-0.15, -0.1) is 11.3 Å². The van der Waals surface area contributed by atoms with Gasteiger partial charge in [-0.05, 0) is 41.5 Å². The van der Waals surface area contributed by atoms with E-state index in [1.165, 1.54) is 17.6 Å². The number of halogens is 1. The molecule has 30 heavy (non-hydrogen) atoms. The van der Waals surface area contributed by atoms with Crippen molar-refractivity contribution in [3.63, 3.8) is 0 Å². The van der Waals surface area contributed by atoms with Crippen LogP contribution in [0.1, 0.15) is 17.2 Å². The van der Waals surface area contributed by atoms with Crippen molar-refractivity contribution in [3.8, 4) is 0 Å². The Kier molecular flexibility index (Phi) is 5.80. The van der Waals surface area contributed by atoms with Gasteiger partial charge in [0.15, 0.2) is 9.84 Å². The first-order valence-electron chi connectivity index (χ1n) is 8.93. The Labute approximate surface area is 183 Å². The highest BCUT2D eigenvalue weighted by atomic mass is 35.5. The second kappa shape index (κ2) is 8.51. The number of pyridine rings is 3. The van der Waals surface area contributed by atoms with Gasteiger partial charge in [-0.25, -0.2) is 13.4 Å². The van der Waals surface area contributed by atoms with Crippen molar-refractivity contribution in [2.75, 3.05) is 11.2 Å². The van der Waals surface area contributed by atoms with E-state index < -0.39 is 9.84 Å². The van der Waals surface area contributed by atoms with Crippen LogP contribution in [-0.4, -0.2) is 29.6 Å². The molecule has 4 aromatic heterocycles. The minimum atomic E-state index is -3.33. The van der Waals surface area contributed by atoms with Gasteiger partial charge in [-0.3, -0.25) is 9.97 Å². The van der Waals surface area contributed by atoms with Gasteiger partial charge in [0.2, 0.25) is 0 Å². The lowest BCUT2D eigenvalue weighted by Crippen LogP contribution is -2.25. The highest BCUT2D eigenvalue weighted by molar-refractivity contribution is 7.92.